The summed E-state index contributed by atoms with van der Waals surface area (Å²) in [6.07, 6.45) is 5.95. The first-order chi connectivity index (χ1) is 18.7. The summed E-state index contributed by atoms with van der Waals surface area (Å²) >= 11 is 0. The zero-order chi connectivity index (χ0) is 25.9. The number of fused-ring (bicyclic) bond motifs is 1. The van der Waals surface area contributed by atoms with Crippen LogP contribution in [0.15, 0.2) is 60.7 Å². The van der Waals surface area contributed by atoms with E-state index in [1.54, 1.807) is 7.11 Å². The molecule has 2 aliphatic rings. The standard InChI is InChI=1S/C31H32N4O3/c1-37-24-8-11-29(32-20-36)28(17-24)27-18-26(27)23-7-9-25-30(33-34-31(25)16-23)10-6-21-2-4-22(5-3-21)19-35-12-14-38-15-13-35/h2-11,16-17,20,26-27H,12-15,18-19H2,1H3,(H,32,36)(H,33,34)/b10-6+/t26-,27-/m0/s1. The highest BCUT2D eigenvalue weighted by Gasteiger charge is 2.41. The van der Waals surface area contributed by atoms with E-state index in [-0.39, 0.29) is 0 Å². The number of amides is 1. The van der Waals surface area contributed by atoms with Crippen LogP contribution in [-0.4, -0.2) is 54.9 Å². The number of anilines is 1. The van der Waals surface area contributed by atoms with Crippen molar-refractivity contribution in [3.05, 3.63) is 88.6 Å². The number of nitrogens with one attached hydrogen (secondary N) is 2. The summed E-state index contributed by atoms with van der Waals surface area (Å²) in [4.78, 5) is 13.5. The van der Waals surface area contributed by atoms with Crippen LogP contribution >= 0.6 is 0 Å². The molecule has 1 amide bonds. The van der Waals surface area contributed by atoms with Crippen molar-refractivity contribution in [3.8, 4) is 5.75 Å². The van der Waals surface area contributed by atoms with Gasteiger partial charge in [0.05, 0.1) is 31.5 Å². The van der Waals surface area contributed by atoms with Gasteiger partial charge in [0.2, 0.25) is 6.41 Å². The molecule has 194 valence electrons. The fourth-order valence-corrected chi connectivity index (χ4v) is 5.42. The number of methoxy groups -OCH3 is 1. The van der Waals surface area contributed by atoms with Crippen LogP contribution in [-0.2, 0) is 16.1 Å². The Balaban J connectivity index is 1.14. The monoisotopic (exact) mass is 508 g/mol. The van der Waals surface area contributed by atoms with Crippen LogP contribution in [0.25, 0.3) is 23.1 Å². The van der Waals surface area contributed by atoms with E-state index in [0.29, 0.717) is 11.8 Å². The van der Waals surface area contributed by atoms with E-state index in [1.165, 1.54) is 11.1 Å². The lowest BCUT2D eigenvalue weighted by Gasteiger charge is -2.26. The van der Waals surface area contributed by atoms with Crippen LogP contribution in [0, 0.1) is 0 Å². The molecule has 0 unspecified atom stereocenters. The first-order valence-corrected chi connectivity index (χ1v) is 13.1. The van der Waals surface area contributed by atoms with Gasteiger partial charge in [0.25, 0.3) is 0 Å². The van der Waals surface area contributed by atoms with Crippen molar-refractivity contribution in [1.29, 1.82) is 0 Å². The molecular formula is C31H32N4O3. The minimum absolute atomic E-state index is 0.346. The lowest BCUT2D eigenvalue weighted by atomic mass is 10.0. The van der Waals surface area contributed by atoms with Crippen molar-refractivity contribution >= 4 is 35.2 Å². The Morgan fingerprint density at radius 2 is 1.89 bits per heavy atom. The molecule has 2 fully saturated rings. The minimum atomic E-state index is 0.346. The maximum atomic E-state index is 11.1. The van der Waals surface area contributed by atoms with E-state index in [2.05, 4.69) is 75.0 Å². The molecule has 1 aliphatic heterocycles. The number of ether oxygens (including phenoxy) is 2. The molecule has 7 nitrogen and oxygen atoms in total. The van der Waals surface area contributed by atoms with Gasteiger partial charge in [0.15, 0.2) is 0 Å². The van der Waals surface area contributed by atoms with Crippen molar-refractivity contribution in [2.75, 3.05) is 38.7 Å². The minimum Gasteiger partial charge on any atom is -0.497 e. The molecule has 2 atom stereocenters. The Hall–Kier alpha value is -3.94. The second kappa shape index (κ2) is 10.8. The fourth-order valence-electron chi connectivity index (χ4n) is 5.42. The molecule has 4 aromatic rings. The van der Waals surface area contributed by atoms with E-state index < -0.39 is 0 Å². The third kappa shape index (κ3) is 5.21. The average Bonchev–Trinajstić information content (AvgIpc) is 3.66. The first kappa shape index (κ1) is 24.4. The molecule has 1 saturated heterocycles. The van der Waals surface area contributed by atoms with Gasteiger partial charge in [-0.1, -0.05) is 42.5 Å². The fraction of sp³-hybridized carbons (Fsp3) is 0.290. The summed E-state index contributed by atoms with van der Waals surface area (Å²) in [7, 11) is 1.66. The van der Waals surface area contributed by atoms with Crippen LogP contribution in [0.5, 0.6) is 5.75 Å². The molecule has 1 aromatic heterocycles. The summed E-state index contributed by atoms with van der Waals surface area (Å²) < 4.78 is 10.9. The van der Waals surface area contributed by atoms with E-state index >= 15 is 0 Å². The van der Waals surface area contributed by atoms with Gasteiger partial charge >= 0.3 is 0 Å². The van der Waals surface area contributed by atoms with Crippen molar-refractivity contribution in [2.24, 2.45) is 0 Å². The third-order valence-electron chi connectivity index (χ3n) is 7.63. The second-order valence-electron chi connectivity index (χ2n) is 10.0. The number of carbonyl (C=O) groups is 1. The largest absolute Gasteiger partial charge is 0.497 e. The molecule has 0 bridgehead atoms. The predicted molar refractivity (Wildman–Crippen MR) is 150 cm³/mol. The summed E-state index contributed by atoms with van der Waals surface area (Å²) in [6.45, 7) is 4.60. The summed E-state index contributed by atoms with van der Waals surface area (Å²) in [5.74, 6) is 1.55. The molecule has 2 heterocycles. The van der Waals surface area contributed by atoms with E-state index in [1.807, 2.05) is 18.2 Å². The van der Waals surface area contributed by atoms with Crippen molar-refractivity contribution < 1.29 is 14.3 Å². The Morgan fingerprint density at radius 3 is 2.68 bits per heavy atom. The van der Waals surface area contributed by atoms with Crippen molar-refractivity contribution in [1.82, 2.24) is 15.1 Å². The maximum absolute atomic E-state index is 11.1. The lowest BCUT2D eigenvalue weighted by molar-refractivity contribution is -0.105. The van der Waals surface area contributed by atoms with E-state index in [0.717, 1.165) is 84.8 Å². The van der Waals surface area contributed by atoms with Crippen molar-refractivity contribution in [3.63, 3.8) is 0 Å². The van der Waals surface area contributed by atoms with Crippen LogP contribution in [0.1, 0.15) is 46.2 Å². The lowest BCUT2D eigenvalue weighted by Crippen LogP contribution is -2.35. The van der Waals surface area contributed by atoms with Gasteiger partial charge in [0, 0.05) is 30.7 Å². The number of aromatic nitrogens is 2. The number of nitrogens with zero attached hydrogens (tertiary/aromatic N) is 2. The smallest absolute Gasteiger partial charge is 0.211 e. The first-order valence-electron chi connectivity index (χ1n) is 13.1. The van der Waals surface area contributed by atoms with Gasteiger partial charge in [-0.2, -0.15) is 5.10 Å². The number of hydrogen-bond donors (Lipinski definition) is 2. The van der Waals surface area contributed by atoms with Crippen LogP contribution in [0.4, 0.5) is 5.69 Å². The van der Waals surface area contributed by atoms with E-state index in [4.69, 9.17) is 9.47 Å². The van der Waals surface area contributed by atoms with Crippen molar-refractivity contribution in [2.45, 2.75) is 24.8 Å². The zero-order valence-electron chi connectivity index (χ0n) is 21.5. The molecule has 38 heavy (non-hydrogen) atoms. The molecule has 6 rings (SSSR count). The molecule has 1 saturated carbocycles. The number of H-pyrrole nitrogens is 1. The number of benzene rings is 3. The molecule has 2 N–H and O–H groups in total. The summed E-state index contributed by atoms with van der Waals surface area (Å²) in [5, 5.41) is 11.7. The Kier molecular flexibility index (Phi) is 6.94. The summed E-state index contributed by atoms with van der Waals surface area (Å²) in [5.41, 5.74) is 7.68. The zero-order valence-corrected chi connectivity index (χ0v) is 21.5. The van der Waals surface area contributed by atoms with Gasteiger partial charge in [-0.25, -0.2) is 0 Å². The second-order valence-corrected chi connectivity index (χ2v) is 10.0. The number of morpholine rings is 1. The quantitative estimate of drug-likeness (QED) is 0.296. The molecule has 3 aromatic carbocycles. The number of aromatic amines is 1. The van der Waals surface area contributed by atoms with Gasteiger partial charge in [-0.15, -0.1) is 0 Å². The molecule has 0 radical (unpaired) electrons. The van der Waals surface area contributed by atoms with Crippen LogP contribution in [0.2, 0.25) is 0 Å². The molecule has 1 aliphatic carbocycles. The van der Waals surface area contributed by atoms with Gasteiger partial charge in [-0.3, -0.25) is 14.8 Å². The highest BCUT2D eigenvalue weighted by molar-refractivity contribution is 5.90. The maximum Gasteiger partial charge on any atom is 0.211 e. The highest BCUT2D eigenvalue weighted by atomic mass is 16.5. The molecular weight excluding hydrogens is 476 g/mol. The Morgan fingerprint density at radius 1 is 1.05 bits per heavy atom. The van der Waals surface area contributed by atoms with Crippen LogP contribution < -0.4 is 10.1 Å². The molecule has 7 heteroatoms. The number of carbonyl (C=O) groups excluding carboxylic acids is 1. The number of hydrogen-bond acceptors (Lipinski definition) is 5. The topological polar surface area (TPSA) is 79.5 Å². The predicted octanol–water partition coefficient (Wildman–Crippen LogP) is 5.41. The van der Waals surface area contributed by atoms with Gasteiger partial charge in [-0.05, 0) is 70.9 Å². The van der Waals surface area contributed by atoms with Crippen LogP contribution in [0.3, 0.4) is 0 Å². The third-order valence-corrected chi connectivity index (χ3v) is 7.63. The Bertz CT molecular complexity index is 1450. The SMILES string of the molecule is COc1ccc(NC=O)c([C@H]2C[C@H]2c2ccc3c(/C=C/c4ccc(CN5CCOCC5)cc4)n[nH]c3c2)c1. The van der Waals surface area contributed by atoms with Gasteiger partial charge in [0.1, 0.15) is 5.75 Å². The average molecular weight is 509 g/mol. The van der Waals surface area contributed by atoms with E-state index in [9.17, 15) is 4.79 Å². The highest BCUT2D eigenvalue weighted by Crippen LogP contribution is 2.57. The normalized spacial score (nSPS) is 19.6. The Labute approximate surface area is 222 Å². The summed E-state index contributed by atoms with van der Waals surface area (Å²) in [6, 6.07) is 21.1. The molecule has 0 spiro atoms. The van der Waals surface area contributed by atoms with Gasteiger partial charge < -0.3 is 14.8 Å². The number of rotatable bonds is 9.